The van der Waals surface area contributed by atoms with E-state index in [2.05, 4.69) is 15.8 Å². The molecule has 180 valence electrons. The summed E-state index contributed by atoms with van der Waals surface area (Å²) in [6, 6.07) is 22.6. The number of hydrogen-bond acceptors (Lipinski definition) is 6. The second kappa shape index (κ2) is 9.87. The van der Waals surface area contributed by atoms with Crippen molar-refractivity contribution in [2.45, 2.75) is 25.9 Å². The second-order valence-electron chi connectivity index (χ2n) is 8.53. The summed E-state index contributed by atoms with van der Waals surface area (Å²) in [5.74, 6) is -0.178. The standard InChI is InChI=1S/C28H23N3O5/c1-17-26(30-28(34)35-16-18-5-3-2-4-6-18)27(36-31-17)20-9-7-19(8-10-20)21-11-12-23-22(15-32)14-25(33)29-24(23)13-21/h2-13,15,22H,14,16H2,1H3,(H,29,33)(H,30,34). The highest BCUT2D eigenvalue weighted by molar-refractivity contribution is 5.98. The molecule has 0 saturated heterocycles. The number of rotatable bonds is 6. The number of hydrogen-bond donors (Lipinski definition) is 2. The SMILES string of the molecule is Cc1noc(-c2ccc(-c3ccc4c(c3)NC(=O)CC4C=O)cc2)c1NC(=O)OCc1ccccc1. The number of fused-ring (bicyclic) bond motifs is 1. The lowest BCUT2D eigenvalue weighted by molar-refractivity contribution is -0.119. The number of aromatic nitrogens is 1. The molecule has 1 aliphatic rings. The van der Waals surface area contributed by atoms with Crippen molar-refractivity contribution in [3.05, 3.63) is 89.6 Å². The molecule has 0 aliphatic carbocycles. The van der Waals surface area contributed by atoms with E-state index in [9.17, 15) is 14.4 Å². The predicted molar refractivity (Wildman–Crippen MR) is 134 cm³/mol. The van der Waals surface area contributed by atoms with Crippen molar-refractivity contribution >= 4 is 29.7 Å². The molecule has 1 atom stereocenters. The minimum absolute atomic E-state index is 0.149. The summed E-state index contributed by atoms with van der Waals surface area (Å²) in [6.07, 6.45) is 0.374. The Morgan fingerprint density at radius 2 is 1.81 bits per heavy atom. The van der Waals surface area contributed by atoms with Gasteiger partial charge in [0.25, 0.3) is 0 Å². The third-order valence-corrected chi connectivity index (χ3v) is 6.08. The maximum absolute atomic E-state index is 12.4. The van der Waals surface area contributed by atoms with Gasteiger partial charge in [0.05, 0.1) is 5.92 Å². The Hall–Kier alpha value is -4.72. The number of nitrogens with zero attached hydrogens (tertiary/aromatic N) is 1. The maximum Gasteiger partial charge on any atom is 0.412 e. The van der Waals surface area contributed by atoms with Crippen LogP contribution in [0.15, 0.2) is 77.3 Å². The lowest BCUT2D eigenvalue weighted by atomic mass is 9.89. The summed E-state index contributed by atoms with van der Waals surface area (Å²) in [5, 5.41) is 9.58. The first-order valence-corrected chi connectivity index (χ1v) is 11.5. The van der Waals surface area contributed by atoms with Crippen molar-refractivity contribution in [3.8, 4) is 22.5 Å². The van der Waals surface area contributed by atoms with Crippen LogP contribution in [0, 0.1) is 6.92 Å². The van der Waals surface area contributed by atoms with Gasteiger partial charge in [-0.05, 0) is 35.2 Å². The molecular formula is C28H23N3O5. The molecule has 2 heterocycles. The summed E-state index contributed by atoms with van der Waals surface area (Å²) in [7, 11) is 0. The van der Waals surface area contributed by atoms with Crippen molar-refractivity contribution in [2.24, 2.45) is 0 Å². The first-order chi connectivity index (χ1) is 17.5. The van der Waals surface area contributed by atoms with Crippen molar-refractivity contribution in [3.63, 3.8) is 0 Å². The van der Waals surface area contributed by atoms with Crippen LogP contribution in [0.1, 0.15) is 29.2 Å². The lowest BCUT2D eigenvalue weighted by Crippen LogP contribution is -2.23. The van der Waals surface area contributed by atoms with Gasteiger partial charge in [0.15, 0.2) is 5.76 Å². The average molecular weight is 482 g/mol. The van der Waals surface area contributed by atoms with Gasteiger partial charge in [-0.15, -0.1) is 0 Å². The average Bonchev–Trinajstić information content (AvgIpc) is 3.26. The van der Waals surface area contributed by atoms with Gasteiger partial charge in [0, 0.05) is 17.7 Å². The number of benzene rings is 3. The Kier molecular flexibility index (Phi) is 6.32. The highest BCUT2D eigenvalue weighted by Crippen LogP contribution is 2.36. The van der Waals surface area contributed by atoms with Crippen molar-refractivity contribution in [1.82, 2.24) is 5.16 Å². The lowest BCUT2D eigenvalue weighted by Gasteiger charge is -2.22. The molecule has 0 bridgehead atoms. The normalized spacial score (nSPS) is 14.5. The Morgan fingerprint density at radius 1 is 1.08 bits per heavy atom. The summed E-state index contributed by atoms with van der Waals surface area (Å²) in [5.41, 5.74) is 5.85. The summed E-state index contributed by atoms with van der Waals surface area (Å²) in [4.78, 5) is 35.7. The molecule has 2 N–H and O–H groups in total. The molecule has 1 aromatic heterocycles. The van der Waals surface area contributed by atoms with E-state index in [-0.39, 0.29) is 18.9 Å². The Bertz CT molecular complexity index is 1430. The second-order valence-corrected chi connectivity index (χ2v) is 8.53. The van der Waals surface area contributed by atoms with Crippen LogP contribution >= 0.6 is 0 Å². The molecule has 0 fully saturated rings. The van der Waals surface area contributed by atoms with Crippen LogP contribution in [-0.4, -0.2) is 23.4 Å². The molecule has 5 rings (SSSR count). The van der Waals surface area contributed by atoms with Gasteiger partial charge in [-0.2, -0.15) is 0 Å². The Balaban J connectivity index is 1.33. The zero-order valence-electron chi connectivity index (χ0n) is 19.5. The number of anilines is 2. The van der Waals surface area contributed by atoms with Crippen LogP contribution < -0.4 is 10.6 Å². The van der Waals surface area contributed by atoms with Crippen molar-refractivity contribution in [1.29, 1.82) is 0 Å². The van der Waals surface area contributed by atoms with Gasteiger partial charge >= 0.3 is 6.09 Å². The number of carbonyl (C=O) groups is 3. The number of nitrogens with one attached hydrogen (secondary N) is 2. The number of ether oxygens (including phenoxy) is 1. The minimum Gasteiger partial charge on any atom is -0.444 e. The van der Waals surface area contributed by atoms with Gasteiger partial charge in [-0.1, -0.05) is 71.9 Å². The zero-order chi connectivity index (χ0) is 25.1. The highest BCUT2D eigenvalue weighted by atomic mass is 16.5. The van der Waals surface area contributed by atoms with Crippen LogP contribution in [-0.2, 0) is 20.9 Å². The third kappa shape index (κ3) is 4.74. The zero-order valence-corrected chi connectivity index (χ0v) is 19.5. The predicted octanol–water partition coefficient (Wildman–Crippen LogP) is 5.69. The smallest absolute Gasteiger partial charge is 0.412 e. The molecule has 3 aromatic carbocycles. The maximum atomic E-state index is 12.4. The molecule has 4 aromatic rings. The molecule has 1 unspecified atom stereocenters. The van der Waals surface area contributed by atoms with Gasteiger partial charge in [0.2, 0.25) is 5.91 Å². The van der Waals surface area contributed by atoms with Crippen LogP contribution in [0.25, 0.3) is 22.5 Å². The van der Waals surface area contributed by atoms with E-state index in [1.165, 1.54) is 0 Å². The molecule has 2 amide bonds. The number of aryl methyl sites for hydroxylation is 1. The topological polar surface area (TPSA) is 111 Å². The van der Waals surface area contributed by atoms with E-state index in [1.54, 1.807) is 6.92 Å². The fraction of sp³-hybridized carbons (Fsp3) is 0.143. The minimum atomic E-state index is -0.604. The fourth-order valence-corrected chi connectivity index (χ4v) is 4.19. The van der Waals surface area contributed by atoms with Crippen molar-refractivity contribution < 1.29 is 23.6 Å². The molecule has 36 heavy (non-hydrogen) atoms. The van der Waals surface area contributed by atoms with E-state index in [0.29, 0.717) is 22.8 Å². The van der Waals surface area contributed by atoms with E-state index in [0.717, 1.165) is 34.1 Å². The van der Waals surface area contributed by atoms with E-state index in [1.807, 2.05) is 72.8 Å². The molecule has 8 nitrogen and oxygen atoms in total. The molecule has 8 heteroatoms. The molecule has 0 spiro atoms. The van der Waals surface area contributed by atoms with E-state index >= 15 is 0 Å². The molecule has 0 radical (unpaired) electrons. The van der Waals surface area contributed by atoms with Crippen LogP contribution in [0.3, 0.4) is 0 Å². The largest absolute Gasteiger partial charge is 0.444 e. The number of aldehydes is 1. The monoisotopic (exact) mass is 481 g/mol. The Morgan fingerprint density at radius 3 is 2.56 bits per heavy atom. The summed E-state index contributed by atoms with van der Waals surface area (Å²) >= 11 is 0. The molecular weight excluding hydrogens is 458 g/mol. The first-order valence-electron chi connectivity index (χ1n) is 11.5. The molecule has 0 saturated carbocycles. The van der Waals surface area contributed by atoms with Crippen LogP contribution in [0.2, 0.25) is 0 Å². The summed E-state index contributed by atoms with van der Waals surface area (Å²) in [6.45, 7) is 1.89. The molecule has 1 aliphatic heterocycles. The quantitative estimate of drug-likeness (QED) is 0.342. The van der Waals surface area contributed by atoms with Gasteiger partial charge in [0.1, 0.15) is 24.3 Å². The van der Waals surface area contributed by atoms with Crippen molar-refractivity contribution in [2.75, 3.05) is 10.6 Å². The van der Waals surface area contributed by atoms with Gasteiger partial charge in [-0.3, -0.25) is 10.1 Å². The number of carbonyl (C=O) groups excluding carboxylic acids is 3. The highest BCUT2D eigenvalue weighted by Gasteiger charge is 2.25. The Labute approximate surface area is 207 Å². The fourth-order valence-electron chi connectivity index (χ4n) is 4.19. The van der Waals surface area contributed by atoms with Gasteiger partial charge in [-0.25, -0.2) is 4.79 Å². The van der Waals surface area contributed by atoms with Gasteiger partial charge < -0.3 is 19.4 Å². The van der Waals surface area contributed by atoms with Crippen LogP contribution in [0.4, 0.5) is 16.2 Å². The van der Waals surface area contributed by atoms with Crippen LogP contribution in [0.5, 0.6) is 0 Å². The number of amides is 2. The summed E-state index contributed by atoms with van der Waals surface area (Å²) < 4.78 is 10.8. The van der Waals surface area contributed by atoms with E-state index in [4.69, 9.17) is 9.26 Å². The van der Waals surface area contributed by atoms with E-state index < -0.39 is 12.0 Å². The first kappa shape index (κ1) is 23.0. The third-order valence-electron chi connectivity index (χ3n) is 6.08.